The van der Waals surface area contributed by atoms with Crippen molar-refractivity contribution in [3.63, 3.8) is 0 Å². The lowest BCUT2D eigenvalue weighted by Gasteiger charge is -2.34. The molecule has 2 aliphatic rings. The summed E-state index contributed by atoms with van der Waals surface area (Å²) in [6.45, 7) is 5.75. The minimum Gasteiger partial charge on any atom is -0.300 e. The van der Waals surface area contributed by atoms with Gasteiger partial charge in [-0.2, -0.15) is 10.4 Å². The van der Waals surface area contributed by atoms with E-state index in [1.54, 1.807) is 0 Å². The van der Waals surface area contributed by atoms with Crippen molar-refractivity contribution >= 4 is 12.4 Å². The van der Waals surface area contributed by atoms with Crippen LogP contribution in [0.4, 0.5) is 0 Å². The summed E-state index contributed by atoms with van der Waals surface area (Å²) in [6.07, 6.45) is 8.81. The predicted molar refractivity (Wildman–Crippen MR) is 131 cm³/mol. The lowest BCUT2D eigenvalue weighted by atomic mass is 9.72. The van der Waals surface area contributed by atoms with E-state index in [2.05, 4.69) is 56.4 Å². The molecule has 0 N–H and O–H groups in total. The molecule has 32 heavy (non-hydrogen) atoms. The minimum atomic E-state index is -0.607. The zero-order chi connectivity index (χ0) is 22.1. The molecular formula is C27H31N5. The highest BCUT2D eigenvalue weighted by Crippen LogP contribution is 2.36. The van der Waals surface area contributed by atoms with Gasteiger partial charge in [-0.15, -0.1) is 0 Å². The lowest BCUT2D eigenvalue weighted by molar-refractivity contribution is 0.134. The van der Waals surface area contributed by atoms with E-state index in [1.165, 1.54) is 0 Å². The number of nitrogens with zero attached hydrogens (tertiary/aromatic N) is 5. The van der Waals surface area contributed by atoms with E-state index in [1.807, 2.05) is 48.8 Å². The number of piperazine rings is 1. The lowest BCUT2D eigenvalue weighted by Crippen LogP contribution is -2.44. The summed E-state index contributed by atoms with van der Waals surface area (Å²) < 4.78 is 0. The Morgan fingerprint density at radius 2 is 1.62 bits per heavy atom. The molecule has 0 atom stereocenters. The number of nitriles is 1. The smallest absolute Gasteiger partial charge is 0.107 e. The van der Waals surface area contributed by atoms with Crippen LogP contribution >= 0.6 is 0 Å². The number of benzene rings is 2. The fraction of sp³-hybridized carbons (Fsp3) is 0.370. The molecule has 5 nitrogen and oxygen atoms in total. The molecule has 0 amide bonds. The van der Waals surface area contributed by atoms with Gasteiger partial charge in [-0.25, -0.2) is 0 Å². The normalized spacial score (nSPS) is 17.3. The van der Waals surface area contributed by atoms with Crippen LogP contribution in [0.5, 0.6) is 0 Å². The van der Waals surface area contributed by atoms with Crippen molar-refractivity contribution in [2.45, 2.75) is 24.7 Å². The number of rotatable bonds is 8. The second kappa shape index (κ2) is 10.9. The van der Waals surface area contributed by atoms with Crippen LogP contribution in [0.3, 0.4) is 0 Å². The van der Waals surface area contributed by atoms with Crippen LogP contribution < -0.4 is 0 Å². The second-order valence-corrected chi connectivity index (χ2v) is 8.42. The predicted octanol–water partition coefficient (Wildman–Crippen LogP) is 4.28. The maximum absolute atomic E-state index is 10.3. The molecule has 0 unspecified atom stereocenters. The van der Waals surface area contributed by atoms with Crippen molar-refractivity contribution in [2.24, 2.45) is 10.1 Å². The van der Waals surface area contributed by atoms with Crippen LogP contribution in [0.25, 0.3) is 0 Å². The zero-order valence-corrected chi connectivity index (χ0v) is 18.6. The third-order valence-electron chi connectivity index (χ3n) is 6.35. The summed E-state index contributed by atoms with van der Waals surface area (Å²) in [5.74, 6) is 0. The summed E-state index contributed by atoms with van der Waals surface area (Å²) in [4.78, 5) is 6.80. The molecule has 2 aromatic rings. The number of hydrazone groups is 1. The third kappa shape index (κ3) is 5.33. The Kier molecular flexibility index (Phi) is 7.47. The van der Waals surface area contributed by atoms with Crippen molar-refractivity contribution < 1.29 is 0 Å². The van der Waals surface area contributed by atoms with Crippen LogP contribution in [0.15, 0.2) is 82.4 Å². The van der Waals surface area contributed by atoms with Crippen molar-refractivity contribution in [1.82, 2.24) is 9.91 Å². The van der Waals surface area contributed by atoms with Gasteiger partial charge in [-0.05, 0) is 36.9 Å². The fourth-order valence-electron chi connectivity index (χ4n) is 4.49. The molecule has 1 fully saturated rings. The summed E-state index contributed by atoms with van der Waals surface area (Å²) in [5, 5.41) is 17.1. The first-order chi connectivity index (χ1) is 15.8. The molecule has 2 heterocycles. The summed E-state index contributed by atoms with van der Waals surface area (Å²) in [6, 6.07) is 23.1. The SMILES string of the molecule is N#CC(CCCN1CCN(/N=C/C2=CCCN=C2)CC1)(c1ccccc1)c1ccccc1. The van der Waals surface area contributed by atoms with Crippen LogP contribution in [-0.2, 0) is 5.41 Å². The molecule has 0 spiro atoms. The number of allylic oxidation sites excluding steroid dienone is 1. The molecule has 4 rings (SSSR count). The standard InChI is InChI=1S/C27H31N5/c28-23-27(25-10-3-1-4-11-25,26-12-5-2-6-13-26)14-8-16-31-17-19-32(20-18-31)30-22-24-9-7-15-29-21-24/h1-6,9-13,21-22H,7-8,14-20H2/b30-22+. The van der Waals surface area contributed by atoms with Gasteiger partial charge in [0.2, 0.25) is 0 Å². The van der Waals surface area contributed by atoms with Gasteiger partial charge in [-0.1, -0.05) is 66.7 Å². The third-order valence-corrected chi connectivity index (χ3v) is 6.35. The number of dihydropyridines is 1. The molecule has 0 saturated carbocycles. The maximum Gasteiger partial charge on any atom is 0.107 e. The number of hydrogen-bond donors (Lipinski definition) is 0. The van der Waals surface area contributed by atoms with Gasteiger partial charge in [-0.3, -0.25) is 14.9 Å². The van der Waals surface area contributed by atoms with Crippen LogP contribution in [-0.4, -0.2) is 61.6 Å². The molecule has 1 saturated heterocycles. The summed E-state index contributed by atoms with van der Waals surface area (Å²) in [5.41, 5.74) is 2.65. The second-order valence-electron chi connectivity index (χ2n) is 8.42. The average Bonchev–Trinajstić information content (AvgIpc) is 2.88. The van der Waals surface area contributed by atoms with Crippen LogP contribution in [0, 0.1) is 11.3 Å². The Labute approximate surface area is 191 Å². The van der Waals surface area contributed by atoms with Crippen LogP contribution in [0.1, 0.15) is 30.4 Å². The highest BCUT2D eigenvalue weighted by atomic mass is 15.5. The van der Waals surface area contributed by atoms with E-state index >= 15 is 0 Å². The minimum absolute atomic E-state index is 0.607. The molecule has 0 aliphatic carbocycles. The van der Waals surface area contributed by atoms with Crippen molar-refractivity contribution in [3.05, 3.63) is 83.4 Å². The Morgan fingerprint density at radius 3 is 2.19 bits per heavy atom. The van der Waals surface area contributed by atoms with Gasteiger partial charge in [0.05, 0.1) is 12.3 Å². The first-order valence-electron chi connectivity index (χ1n) is 11.5. The molecule has 164 valence electrons. The van der Waals surface area contributed by atoms with Gasteiger partial charge in [0, 0.05) is 44.5 Å². The molecule has 0 bridgehead atoms. The molecule has 5 heteroatoms. The van der Waals surface area contributed by atoms with E-state index in [-0.39, 0.29) is 0 Å². The van der Waals surface area contributed by atoms with E-state index in [9.17, 15) is 5.26 Å². The molecule has 2 aliphatic heterocycles. The largest absolute Gasteiger partial charge is 0.300 e. The Balaban J connectivity index is 1.33. The Morgan fingerprint density at radius 1 is 0.969 bits per heavy atom. The molecule has 0 aromatic heterocycles. The molecular weight excluding hydrogens is 394 g/mol. The van der Waals surface area contributed by atoms with Crippen molar-refractivity contribution in [2.75, 3.05) is 39.3 Å². The highest BCUT2D eigenvalue weighted by Gasteiger charge is 2.34. The molecule has 0 radical (unpaired) electrons. The van der Waals surface area contributed by atoms with Crippen LogP contribution in [0.2, 0.25) is 0 Å². The zero-order valence-electron chi connectivity index (χ0n) is 18.6. The van der Waals surface area contributed by atoms with E-state index in [0.29, 0.717) is 0 Å². The number of hydrogen-bond acceptors (Lipinski definition) is 5. The fourth-order valence-corrected chi connectivity index (χ4v) is 4.49. The Bertz CT molecular complexity index is 940. The quantitative estimate of drug-likeness (QED) is 0.593. The van der Waals surface area contributed by atoms with E-state index in [0.717, 1.165) is 75.2 Å². The van der Waals surface area contributed by atoms with Gasteiger partial charge < -0.3 is 0 Å². The van der Waals surface area contributed by atoms with Gasteiger partial charge in [0.1, 0.15) is 5.41 Å². The van der Waals surface area contributed by atoms with E-state index < -0.39 is 5.41 Å². The van der Waals surface area contributed by atoms with Gasteiger partial charge in [0.15, 0.2) is 0 Å². The van der Waals surface area contributed by atoms with Crippen molar-refractivity contribution in [1.29, 1.82) is 5.26 Å². The first-order valence-corrected chi connectivity index (χ1v) is 11.5. The van der Waals surface area contributed by atoms with Crippen molar-refractivity contribution in [3.8, 4) is 6.07 Å². The van der Waals surface area contributed by atoms with Gasteiger partial charge in [0.25, 0.3) is 0 Å². The first kappa shape index (κ1) is 22.0. The summed E-state index contributed by atoms with van der Waals surface area (Å²) >= 11 is 0. The average molecular weight is 426 g/mol. The Hall–Kier alpha value is -3.23. The monoisotopic (exact) mass is 425 g/mol. The maximum atomic E-state index is 10.3. The number of aliphatic imine (C=N–C) groups is 1. The van der Waals surface area contributed by atoms with E-state index in [4.69, 9.17) is 0 Å². The topological polar surface area (TPSA) is 55.0 Å². The highest BCUT2D eigenvalue weighted by molar-refractivity contribution is 6.04. The molecule has 2 aromatic carbocycles. The summed E-state index contributed by atoms with van der Waals surface area (Å²) in [7, 11) is 0. The van der Waals surface area contributed by atoms with Gasteiger partial charge >= 0.3 is 0 Å².